The lowest BCUT2D eigenvalue weighted by atomic mass is 10.0. The number of carbonyl (C=O) groups is 2. The van der Waals surface area contributed by atoms with Gasteiger partial charge >= 0.3 is 5.97 Å². The molecule has 0 saturated heterocycles. The molecule has 0 saturated carbocycles. The number of nitrogens with one attached hydrogen (secondary N) is 1. The number of halogens is 4. The number of hydrogen-bond donors (Lipinski definition) is 1. The molecule has 0 aliphatic carbocycles. The van der Waals surface area contributed by atoms with Gasteiger partial charge in [0.05, 0.1) is 11.1 Å². The van der Waals surface area contributed by atoms with E-state index in [4.69, 9.17) is 27.9 Å². The van der Waals surface area contributed by atoms with Gasteiger partial charge in [-0.25, -0.2) is 13.6 Å². The molecule has 34 heavy (non-hydrogen) atoms. The second-order valence-corrected chi connectivity index (χ2v) is 8.07. The molecule has 4 rings (SSSR count). The fourth-order valence-corrected chi connectivity index (χ4v) is 3.42. The van der Waals surface area contributed by atoms with Crippen molar-refractivity contribution < 1.29 is 23.1 Å². The van der Waals surface area contributed by atoms with E-state index in [2.05, 4.69) is 5.32 Å². The average molecular weight is 498 g/mol. The van der Waals surface area contributed by atoms with Crippen LogP contribution in [0.4, 0.5) is 14.5 Å². The van der Waals surface area contributed by atoms with Crippen LogP contribution in [-0.4, -0.2) is 11.9 Å². The largest absolute Gasteiger partial charge is 0.422 e. The van der Waals surface area contributed by atoms with Crippen LogP contribution in [0.25, 0.3) is 11.1 Å². The first-order chi connectivity index (χ1) is 16.3. The summed E-state index contributed by atoms with van der Waals surface area (Å²) in [5, 5.41) is 3.63. The molecule has 0 radical (unpaired) electrons. The molecule has 4 aromatic rings. The Labute approximate surface area is 203 Å². The lowest BCUT2D eigenvalue weighted by molar-refractivity contribution is 0.0733. The smallest absolute Gasteiger partial charge is 0.343 e. The summed E-state index contributed by atoms with van der Waals surface area (Å²) in [6.07, 6.45) is 0. The monoisotopic (exact) mass is 497 g/mol. The molecule has 0 atom stereocenters. The Morgan fingerprint density at radius 2 is 1.41 bits per heavy atom. The maximum Gasteiger partial charge on any atom is 0.343 e. The number of esters is 1. The number of amides is 1. The minimum Gasteiger partial charge on any atom is -0.422 e. The molecule has 0 fully saturated rings. The van der Waals surface area contributed by atoms with Crippen LogP contribution in [0, 0.1) is 11.6 Å². The number of anilines is 1. The fraction of sp³-hybridized carbons (Fsp3) is 0. The zero-order valence-electron chi connectivity index (χ0n) is 17.3. The highest BCUT2D eigenvalue weighted by Crippen LogP contribution is 2.30. The molecule has 8 heteroatoms. The summed E-state index contributed by atoms with van der Waals surface area (Å²) in [6.45, 7) is 0. The van der Waals surface area contributed by atoms with Crippen molar-refractivity contribution in [2.24, 2.45) is 0 Å². The second-order valence-electron chi connectivity index (χ2n) is 7.19. The van der Waals surface area contributed by atoms with Crippen LogP contribution in [0.3, 0.4) is 0 Å². The number of hydrogen-bond acceptors (Lipinski definition) is 3. The van der Waals surface area contributed by atoms with Gasteiger partial charge < -0.3 is 10.1 Å². The summed E-state index contributed by atoms with van der Waals surface area (Å²) < 4.78 is 33.2. The predicted octanol–water partition coefficient (Wildman–Crippen LogP) is 7.41. The van der Waals surface area contributed by atoms with Gasteiger partial charge in [-0.05, 0) is 78.4 Å². The van der Waals surface area contributed by atoms with Crippen LogP contribution >= 0.6 is 23.2 Å². The molecule has 1 N–H and O–H groups in total. The molecular weight excluding hydrogens is 483 g/mol. The Balaban J connectivity index is 1.71. The van der Waals surface area contributed by atoms with Crippen LogP contribution in [0.1, 0.15) is 20.7 Å². The molecule has 4 aromatic carbocycles. The van der Waals surface area contributed by atoms with E-state index in [0.717, 1.165) is 12.1 Å². The minimum absolute atomic E-state index is 0.0292. The maximum atomic E-state index is 14.4. The van der Waals surface area contributed by atoms with E-state index in [1.807, 2.05) is 0 Å². The van der Waals surface area contributed by atoms with E-state index < -0.39 is 23.5 Å². The van der Waals surface area contributed by atoms with Gasteiger partial charge in [-0.15, -0.1) is 0 Å². The van der Waals surface area contributed by atoms with Crippen molar-refractivity contribution in [1.29, 1.82) is 0 Å². The van der Waals surface area contributed by atoms with Gasteiger partial charge in [0, 0.05) is 27.4 Å². The van der Waals surface area contributed by atoms with Crippen LogP contribution in [0.5, 0.6) is 5.75 Å². The Bertz CT molecular complexity index is 1370. The number of ether oxygens (including phenoxy) is 1. The van der Waals surface area contributed by atoms with Crippen molar-refractivity contribution in [2.45, 2.75) is 0 Å². The molecule has 0 bridgehead atoms. The van der Waals surface area contributed by atoms with Gasteiger partial charge in [-0.2, -0.15) is 0 Å². The molecule has 0 unspecified atom stereocenters. The third kappa shape index (κ3) is 5.42. The molecule has 0 aliphatic heterocycles. The minimum atomic E-state index is -0.796. The molecule has 1 amide bonds. The second kappa shape index (κ2) is 10.0. The van der Waals surface area contributed by atoms with Gasteiger partial charge in [-0.1, -0.05) is 29.3 Å². The summed E-state index contributed by atoms with van der Waals surface area (Å²) in [5.74, 6) is -2.88. The third-order valence-electron chi connectivity index (χ3n) is 4.85. The summed E-state index contributed by atoms with van der Waals surface area (Å²) >= 11 is 11.8. The van der Waals surface area contributed by atoms with Gasteiger partial charge in [0.15, 0.2) is 0 Å². The van der Waals surface area contributed by atoms with Crippen molar-refractivity contribution in [1.82, 2.24) is 0 Å². The molecule has 170 valence electrons. The summed E-state index contributed by atoms with van der Waals surface area (Å²) in [5.41, 5.74) is 1.02. The van der Waals surface area contributed by atoms with Crippen molar-refractivity contribution in [3.05, 3.63) is 118 Å². The maximum absolute atomic E-state index is 14.4. The normalized spacial score (nSPS) is 10.6. The Morgan fingerprint density at radius 1 is 0.765 bits per heavy atom. The Hall–Kier alpha value is -3.74. The van der Waals surface area contributed by atoms with E-state index in [9.17, 15) is 18.4 Å². The van der Waals surface area contributed by atoms with Crippen molar-refractivity contribution in [3.63, 3.8) is 0 Å². The van der Waals surface area contributed by atoms with E-state index in [1.165, 1.54) is 48.5 Å². The molecule has 4 nitrogen and oxygen atoms in total. The first-order valence-corrected chi connectivity index (χ1v) is 10.7. The zero-order valence-corrected chi connectivity index (χ0v) is 18.8. The number of carbonyl (C=O) groups excluding carboxylic acids is 2. The van der Waals surface area contributed by atoms with Crippen molar-refractivity contribution in [3.8, 4) is 16.9 Å². The van der Waals surface area contributed by atoms with Crippen LogP contribution in [0.2, 0.25) is 10.0 Å². The molecule has 0 heterocycles. The topological polar surface area (TPSA) is 55.4 Å². The first-order valence-electron chi connectivity index (χ1n) is 9.94. The van der Waals surface area contributed by atoms with E-state index >= 15 is 0 Å². The third-order valence-corrected chi connectivity index (χ3v) is 5.35. The SMILES string of the molecule is O=C(Oc1ccc(-c2ccc(F)cc2F)cc1C(=O)Nc1ccc(Cl)cc1)c1ccc(Cl)cc1. The van der Waals surface area contributed by atoms with Crippen LogP contribution in [0.15, 0.2) is 84.9 Å². The summed E-state index contributed by atoms with van der Waals surface area (Å²) in [4.78, 5) is 25.7. The highest BCUT2D eigenvalue weighted by molar-refractivity contribution is 6.31. The van der Waals surface area contributed by atoms with Crippen molar-refractivity contribution >= 4 is 40.8 Å². The number of rotatable bonds is 5. The Morgan fingerprint density at radius 3 is 2.06 bits per heavy atom. The van der Waals surface area contributed by atoms with Gasteiger partial charge in [-0.3, -0.25) is 4.79 Å². The lowest BCUT2D eigenvalue weighted by Gasteiger charge is -2.13. The van der Waals surface area contributed by atoms with Gasteiger partial charge in [0.25, 0.3) is 5.91 Å². The molecular formula is C26H15Cl2F2NO3. The zero-order chi connectivity index (χ0) is 24.2. The fourth-order valence-electron chi connectivity index (χ4n) is 3.16. The molecule has 0 aliphatic rings. The highest BCUT2D eigenvalue weighted by atomic mass is 35.5. The average Bonchev–Trinajstić information content (AvgIpc) is 2.81. The quantitative estimate of drug-likeness (QED) is 0.230. The lowest BCUT2D eigenvalue weighted by Crippen LogP contribution is -2.16. The first kappa shape index (κ1) is 23.4. The van der Waals surface area contributed by atoms with E-state index in [0.29, 0.717) is 21.3 Å². The van der Waals surface area contributed by atoms with Gasteiger partial charge in [0.1, 0.15) is 17.4 Å². The van der Waals surface area contributed by atoms with Crippen molar-refractivity contribution in [2.75, 3.05) is 5.32 Å². The molecule has 0 aromatic heterocycles. The standard InChI is InChI=1S/C26H15Cl2F2NO3/c27-17-4-1-15(2-5-17)26(33)34-24-12-3-16(21-11-8-19(29)14-23(21)30)13-22(24)25(32)31-20-9-6-18(28)7-10-20/h1-14H,(H,31,32). The van der Waals surface area contributed by atoms with E-state index in [-0.39, 0.29) is 22.4 Å². The van der Waals surface area contributed by atoms with Crippen LogP contribution in [-0.2, 0) is 0 Å². The van der Waals surface area contributed by atoms with Crippen LogP contribution < -0.4 is 10.1 Å². The Kier molecular flexibility index (Phi) is 6.91. The summed E-state index contributed by atoms with van der Waals surface area (Å²) in [6, 6.07) is 19.8. The highest BCUT2D eigenvalue weighted by Gasteiger charge is 2.19. The van der Waals surface area contributed by atoms with Gasteiger partial charge in [0.2, 0.25) is 0 Å². The molecule has 0 spiro atoms. The predicted molar refractivity (Wildman–Crippen MR) is 128 cm³/mol. The van der Waals surface area contributed by atoms with E-state index in [1.54, 1.807) is 24.3 Å². The summed E-state index contributed by atoms with van der Waals surface area (Å²) in [7, 11) is 0. The number of benzene rings is 4.